The first kappa shape index (κ1) is 12.8. The number of likely N-dealkylation sites (N-methyl/N-ethyl adjacent to an activating group) is 2. The third-order valence-electron chi connectivity index (χ3n) is 3.60. The predicted molar refractivity (Wildman–Crippen MR) is 65.9 cm³/mol. The van der Waals surface area contributed by atoms with Gasteiger partial charge in [0.05, 0.1) is 12.7 Å². The summed E-state index contributed by atoms with van der Waals surface area (Å²) in [5.74, 6) is 0.261. The second-order valence-electron chi connectivity index (χ2n) is 5.17. The zero-order valence-corrected chi connectivity index (χ0v) is 10.8. The molecule has 0 aromatic carbocycles. The zero-order valence-electron chi connectivity index (χ0n) is 10.8. The normalized spacial score (nSPS) is 31.9. The lowest BCUT2D eigenvalue weighted by Crippen LogP contribution is -2.51. The van der Waals surface area contributed by atoms with E-state index in [0.717, 1.165) is 39.2 Å². The van der Waals surface area contributed by atoms with E-state index in [2.05, 4.69) is 17.3 Å². The maximum absolute atomic E-state index is 11.4. The van der Waals surface area contributed by atoms with Crippen molar-refractivity contribution in [2.45, 2.75) is 25.0 Å². The number of carbonyl (C=O) groups is 1. The highest BCUT2D eigenvalue weighted by atomic mass is 16.5. The Bertz CT molecular complexity index is 272. The molecule has 0 bridgehead atoms. The quantitative estimate of drug-likeness (QED) is 0.725. The van der Waals surface area contributed by atoms with Crippen LogP contribution in [-0.2, 0) is 9.53 Å². The lowest BCUT2D eigenvalue weighted by molar-refractivity contribution is -0.132. The highest BCUT2D eigenvalue weighted by Crippen LogP contribution is 2.10. The van der Waals surface area contributed by atoms with Crippen molar-refractivity contribution in [3.05, 3.63) is 0 Å². The number of ether oxygens (including phenoxy) is 1. The van der Waals surface area contributed by atoms with Crippen LogP contribution >= 0.6 is 0 Å². The fourth-order valence-electron chi connectivity index (χ4n) is 2.47. The number of nitrogens with one attached hydrogen (secondary N) is 1. The minimum absolute atomic E-state index is 0.261. The number of rotatable bonds is 3. The molecule has 1 N–H and O–H groups in total. The molecular weight excluding hydrogens is 218 g/mol. The molecule has 17 heavy (non-hydrogen) atoms. The van der Waals surface area contributed by atoms with Gasteiger partial charge in [0, 0.05) is 45.7 Å². The number of amides is 1. The summed E-state index contributed by atoms with van der Waals surface area (Å²) in [4.78, 5) is 15.5. The van der Waals surface area contributed by atoms with Gasteiger partial charge in [0.15, 0.2) is 0 Å². The Morgan fingerprint density at radius 3 is 2.94 bits per heavy atom. The zero-order chi connectivity index (χ0) is 12.3. The van der Waals surface area contributed by atoms with E-state index in [0.29, 0.717) is 12.5 Å². The number of hydrogen-bond acceptors (Lipinski definition) is 4. The highest BCUT2D eigenvalue weighted by Gasteiger charge is 2.24. The Labute approximate surface area is 103 Å². The molecule has 2 rings (SSSR count). The van der Waals surface area contributed by atoms with Gasteiger partial charge in [-0.3, -0.25) is 4.79 Å². The van der Waals surface area contributed by atoms with Gasteiger partial charge < -0.3 is 19.9 Å². The van der Waals surface area contributed by atoms with Crippen LogP contribution in [0.15, 0.2) is 0 Å². The van der Waals surface area contributed by atoms with E-state index >= 15 is 0 Å². The standard InChI is InChI=1S/C12H23N3O2/c1-14-5-6-17-11(9-14)7-13-10-3-4-12(16)15(2)8-10/h10-11,13H,3-9H2,1-2H3. The lowest BCUT2D eigenvalue weighted by atomic mass is 10.1. The SMILES string of the molecule is CN1CCOC(CNC2CCC(=O)N(C)C2)C1. The summed E-state index contributed by atoms with van der Waals surface area (Å²) in [5, 5.41) is 3.52. The van der Waals surface area contributed by atoms with E-state index in [1.807, 2.05) is 11.9 Å². The van der Waals surface area contributed by atoms with E-state index in [9.17, 15) is 4.79 Å². The first-order valence-electron chi connectivity index (χ1n) is 6.42. The summed E-state index contributed by atoms with van der Waals surface area (Å²) in [5.41, 5.74) is 0. The van der Waals surface area contributed by atoms with E-state index < -0.39 is 0 Å². The van der Waals surface area contributed by atoms with E-state index in [1.54, 1.807) is 0 Å². The minimum Gasteiger partial charge on any atom is -0.374 e. The first-order valence-corrected chi connectivity index (χ1v) is 6.42. The smallest absolute Gasteiger partial charge is 0.222 e. The molecule has 0 saturated carbocycles. The molecule has 0 aromatic heterocycles. The van der Waals surface area contributed by atoms with Crippen molar-refractivity contribution in [2.24, 2.45) is 0 Å². The van der Waals surface area contributed by atoms with Gasteiger partial charge in [-0.2, -0.15) is 0 Å². The number of hydrogen-bond donors (Lipinski definition) is 1. The molecule has 2 aliphatic rings. The molecule has 2 aliphatic heterocycles. The third-order valence-corrected chi connectivity index (χ3v) is 3.60. The molecule has 2 fully saturated rings. The molecule has 2 unspecified atom stereocenters. The summed E-state index contributed by atoms with van der Waals surface area (Å²) < 4.78 is 5.70. The van der Waals surface area contributed by atoms with Crippen LogP contribution in [0.1, 0.15) is 12.8 Å². The molecule has 98 valence electrons. The summed E-state index contributed by atoms with van der Waals surface area (Å²) in [6, 6.07) is 0.425. The molecule has 2 heterocycles. The van der Waals surface area contributed by atoms with E-state index in [4.69, 9.17) is 4.74 Å². The number of carbonyl (C=O) groups excluding carboxylic acids is 1. The molecule has 2 atom stereocenters. The minimum atomic E-state index is 0.261. The Kier molecular flexibility index (Phi) is 4.36. The van der Waals surface area contributed by atoms with Crippen molar-refractivity contribution in [1.29, 1.82) is 0 Å². The Hall–Kier alpha value is -0.650. The van der Waals surface area contributed by atoms with Gasteiger partial charge in [0.1, 0.15) is 0 Å². The van der Waals surface area contributed by atoms with Crippen molar-refractivity contribution in [2.75, 3.05) is 46.9 Å². The highest BCUT2D eigenvalue weighted by molar-refractivity contribution is 5.76. The van der Waals surface area contributed by atoms with Gasteiger partial charge in [-0.05, 0) is 13.5 Å². The number of nitrogens with zero attached hydrogens (tertiary/aromatic N) is 2. The second kappa shape index (κ2) is 5.80. The summed E-state index contributed by atoms with van der Waals surface area (Å²) in [6.07, 6.45) is 1.90. The number of morpholine rings is 1. The van der Waals surface area contributed by atoms with Crippen molar-refractivity contribution in [3.8, 4) is 0 Å². The second-order valence-corrected chi connectivity index (χ2v) is 5.17. The van der Waals surface area contributed by atoms with Crippen molar-refractivity contribution in [3.63, 3.8) is 0 Å². The Morgan fingerprint density at radius 1 is 1.41 bits per heavy atom. The van der Waals surface area contributed by atoms with Crippen LogP contribution in [0.25, 0.3) is 0 Å². The van der Waals surface area contributed by atoms with Gasteiger partial charge in [0.25, 0.3) is 0 Å². The number of piperidine rings is 1. The lowest BCUT2D eigenvalue weighted by Gasteiger charge is -2.34. The van der Waals surface area contributed by atoms with Crippen LogP contribution in [0.4, 0.5) is 0 Å². The Balaban J connectivity index is 1.69. The molecule has 2 saturated heterocycles. The average Bonchev–Trinajstić information content (AvgIpc) is 2.31. The molecule has 0 spiro atoms. The summed E-state index contributed by atoms with van der Waals surface area (Å²) in [6.45, 7) is 4.55. The fourth-order valence-corrected chi connectivity index (χ4v) is 2.47. The van der Waals surface area contributed by atoms with Crippen LogP contribution in [-0.4, -0.2) is 74.7 Å². The van der Waals surface area contributed by atoms with E-state index in [1.165, 1.54) is 0 Å². The third kappa shape index (κ3) is 3.66. The molecular formula is C12H23N3O2. The van der Waals surface area contributed by atoms with Crippen molar-refractivity contribution in [1.82, 2.24) is 15.1 Å². The molecule has 1 amide bonds. The van der Waals surface area contributed by atoms with Gasteiger partial charge in [-0.25, -0.2) is 0 Å². The Morgan fingerprint density at radius 2 is 2.24 bits per heavy atom. The van der Waals surface area contributed by atoms with Gasteiger partial charge in [0.2, 0.25) is 5.91 Å². The van der Waals surface area contributed by atoms with Crippen LogP contribution in [0.2, 0.25) is 0 Å². The van der Waals surface area contributed by atoms with Gasteiger partial charge in [-0.15, -0.1) is 0 Å². The molecule has 0 aromatic rings. The molecule has 0 aliphatic carbocycles. The number of likely N-dealkylation sites (tertiary alicyclic amines) is 1. The predicted octanol–water partition coefficient (Wildman–Crippen LogP) is -0.473. The average molecular weight is 241 g/mol. The fraction of sp³-hybridized carbons (Fsp3) is 0.917. The van der Waals surface area contributed by atoms with E-state index in [-0.39, 0.29) is 12.0 Å². The molecule has 5 heteroatoms. The maximum Gasteiger partial charge on any atom is 0.222 e. The maximum atomic E-state index is 11.4. The summed E-state index contributed by atoms with van der Waals surface area (Å²) >= 11 is 0. The topological polar surface area (TPSA) is 44.8 Å². The van der Waals surface area contributed by atoms with Crippen LogP contribution < -0.4 is 5.32 Å². The van der Waals surface area contributed by atoms with Crippen LogP contribution in [0.5, 0.6) is 0 Å². The van der Waals surface area contributed by atoms with Crippen LogP contribution in [0, 0.1) is 0 Å². The first-order chi connectivity index (χ1) is 8.15. The largest absolute Gasteiger partial charge is 0.374 e. The van der Waals surface area contributed by atoms with Crippen LogP contribution in [0.3, 0.4) is 0 Å². The molecule has 0 radical (unpaired) electrons. The van der Waals surface area contributed by atoms with Crippen molar-refractivity contribution >= 4 is 5.91 Å². The van der Waals surface area contributed by atoms with Crippen molar-refractivity contribution < 1.29 is 9.53 Å². The monoisotopic (exact) mass is 241 g/mol. The van der Waals surface area contributed by atoms with Gasteiger partial charge >= 0.3 is 0 Å². The van der Waals surface area contributed by atoms with Gasteiger partial charge in [-0.1, -0.05) is 0 Å². The molecule has 5 nitrogen and oxygen atoms in total. The summed E-state index contributed by atoms with van der Waals surface area (Å²) in [7, 11) is 4.00.